The Kier molecular flexibility index (Phi) is 5.30. The van der Waals surface area contributed by atoms with E-state index in [4.69, 9.17) is 4.74 Å². The van der Waals surface area contributed by atoms with Gasteiger partial charge in [0.15, 0.2) is 0 Å². The second-order valence-corrected chi connectivity index (χ2v) is 6.03. The van der Waals surface area contributed by atoms with Crippen LogP contribution in [0.4, 0.5) is 5.69 Å². The summed E-state index contributed by atoms with van der Waals surface area (Å²) in [5.74, 6) is 1.69. The van der Waals surface area contributed by atoms with Gasteiger partial charge in [-0.05, 0) is 70.8 Å². The normalized spacial score (nSPS) is 21.5. The lowest BCUT2D eigenvalue weighted by molar-refractivity contribution is 0.197. The summed E-state index contributed by atoms with van der Waals surface area (Å²) in [7, 11) is 2.22. The van der Waals surface area contributed by atoms with Crippen molar-refractivity contribution >= 4 is 5.69 Å². The van der Waals surface area contributed by atoms with Gasteiger partial charge in [0.25, 0.3) is 0 Å². The number of piperidine rings is 1. The van der Waals surface area contributed by atoms with Crippen LogP contribution in [0.15, 0.2) is 18.2 Å². The first-order chi connectivity index (χ1) is 9.60. The van der Waals surface area contributed by atoms with Crippen LogP contribution >= 0.6 is 0 Å². The molecule has 20 heavy (non-hydrogen) atoms. The zero-order valence-corrected chi connectivity index (χ0v) is 13.3. The number of ether oxygens (including phenoxy) is 1. The summed E-state index contributed by atoms with van der Waals surface area (Å²) in [6.07, 6.45) is 2.62. The molecule has 2 rings (SSSR count). The van der Waals surface area contributed by atoms with E-state index in [0.29, 0.717) is 18.6 Å². The van der Waals surface area contributed by atoms with Crippen LogP contribution in [0.5, 0.6) is 5.75 Å². The quantitative estimate of drug-likeness (QED) is 0.890. The number of hydrogen-bond acceptors (Lipinski definition) is 3. The molecular formula is C17H28N2O. The summed E-state index contributed by atoms with van der Waals surface area (Å²) in [6.45, 7) is 9.55. The van der Waals surface area contributed by atoms with Crippen LogP contribution in [0, 0.1) is 12.8 Å². The number of hydrogen-bond donors (Lipinski definition) is 1. The Balaban J connectivity index is 2.04. The molecule has 0 aliphatic carbocycles. The molecule has 0 aromatic heterocycles. The van der Waals surface area contributed by atoms with E-state index in [1.165, 1.54) is 31.5 Å². The summed E-state index contributed by atoms with van der Waals surface area (Å²) in [4.78, 5) is 2.44. The number of nitrogens with one attached hydrogen (secondary N) is 1. The van der Waals surface area contributed by atoms with Crippen molar-refractivity contribution in [3.8, 4) is 5.75 Å². The minimum Gasteiger partial charge on any atom is -0.492 e. The molecule has 1 saturated heterocycles. The molecule has 0 saturated carbocycles. The molecule has 1 fully saturated rings. The molecule has 1 N–H and O–H groups in total. The van der Waals surface area contributed by atoms with Crippen LogP contribution in [0.1, 0.15) is 32.3 Å². The molecule has 1 aromatic carbocycles. The van der Waals surface area contributed by atoms with Gasteiger partial charge in [-0.1, -0.05) is 6.07 Å². The van der Waals surface area contributed by atoms with E-state index >= 15 is 0 Å². The molecule has 0 spiro atoms. The molecule has 1 aliphatic heterocycles. The minimum absolute atomic E-state index is 0.472. The third-order valence-corrected chi connectivity index (χ3v) is 4.19. The highest BCUT2D eigenvalue weighted by atomic mass is 16.5. The van der Waals surface area contributed by atoms with Gasteiger partial charge in [0.2, 0.25) is 0 Å². The molecule has 0 bridgehead atoms. The van der Waals surface area contributed by atoms with E-state index in [1.807, 2.05) is 6.92 Å². The molecule has 3 heteroatoms. The van der Waals surface area contributed by atoms with Crippen molar-refractivity contribution in [3.63, 3.8) is 0 Å². The second-order valence-electron chi connectivity index (χ2n) is 6.03. The second kappa shape index (κ2) is 6.98. The Morgan fingerprint density at radius 1 is 1.45 bits per heavy atom. The lowest BCUT2D eigenvalue weighted by Gasteiger charge is -2.34. The van der Waals surface area contributed by atoms with Crippen LogP contribution in [-0.4, -0.2) is 37.7 Å². The van der Waals surface area contributed by atoms with Gasteiger partial charge in [-0.25, -0.2) is 0 Å². The van der Waals surface area contributed by atoms with Crippen LogP contribution in [-0.2, 0) is 0 Å². The number of nitrogens with zero attached hydrogens (tertiary/aromatic N) is 1. The highest BCUT2D eigenvalue weighted by molar-refractivity contribution is 5.58. The number of likely N-dealkylation sites (tertiary alicyclic amines) is 1. The number of anilines is 1. The predicted molar refractivity (Wildman–Crippen MR) is 85.7 cm³/mol. The number of aryl methyl sites for hydroxylation is 1. The summed E-state index contributed by atoms with van der Waals surface area (Å²) >= 11 is 0. The summed E-state index contributed by atoms with van der Waals surface area (Å²) in [5.41, 5.74) is 2.36. The highest BCUT2D eigenvalue weighted by Gasteiger charge is 2.23. The van der Waals surface area contributed by atoms with E-state index in [2.05, 4.69) is 49.3 Å². The van der Waals surface area contributed by atoms with E-state index < -0.39 is 0 Å². The molecule has 1 aromatic rings. The summed E-state index contributed by atoms with van der Waals surface area (Å²) < 4.78 is 5.75. The maximum absolute atomic E-state index is 5.75. The molecule has 2 unspecified atom stereocenters. The first-order valence-electron chi connectivity index (χ1n) is 7.78. The van der Waals surface area contributed by atoms with E-state index in [-0.39, 0.29) is 0 Å². The lowest BCUT2D eigenvalue weighted by Crippen LogP contribution is -2.39. The highest BCUT2D eigenvalue weighted by Crippen LogP contribution is 2.29. The lowest BCUT2D eigenvalue weighted by atomic mass is 9.91. The first-order valence-corrected chi connectivity index (χ1v) is 7.78. The van der Waals surface area contributed by atoms with Crippen LogP contribution < -0.4 is 10.1 Å². The van der Waals surface area contributed by atoms with Crippen molar-refractivity contribution in [2.24, 2.45) is 5.92 Å². The summed E-state index contributed by atoms with van der Waals surface area (Å²) in [5, 5.41) is 3.66. The Morgan fingerprint density at radius 2 is 2.25 bits per heavy atom. The fraction of sp³-hybridized carbons (Fsp3) is 0.647. The van der Waals surface area contributed by atoms with Gasteiger partial charge in [-0.15, -0.1) is 0 Å². The smallest absolute Gasteiger partial charge is 0.142 e. The zero-order chi connectivity index (χ0) is 14.5. The van der Waals surface area contributed by atoms with Crippen molar-refractivity contribution < 1.29 is 4.74 Å². The van der Waals surface area contributed by atoms with Crippen molar-refractivity contribution in [1.29, 1.82) is 0 Å². The fourth-order valence-corrected chi connectivity index (χ4v) is 3.00. The van der Waals surface area contributed by atoms with Gasteiger partial charge in [0, 0.05) is 12.6 Å². The van der Waals surface area contributed by atoms with Gasteiger partial charge >= 0.3 is 0 Å². The van der Waals surface area contributed by atoms with Gasteiger partial charge in [0.05, 0.1) is 12.3 Å². The molecule has 2 atom stereocenters. The molecule has 112 valence electrons. The SMILES string of the molecule is CCOc1cc(C)ccc1NC(C)C1CCCN(C)C1. The third kappa shape index (κ3) is 3.89. The van der Waals surface area contributed by atoms with E-state index in [9.17, 15) is 0 Å². The van der Waals surface area contributed by atoms with Crippen molar-refractivity contribution in [1.82, 2.24) is 4.90 Å². The van der Waals surface area contributed by atoms with Gasteiger partial charge in [-0.2, -0.15) is 0 Å². The molecule has 0 radical (unpaired) electrons. The average molecular weight is 276 g/mol. The van der Waals surface area contributed by atoms with Crippen LogP contribution in [0.25, 0.3) is 0 Å². The van der Waals surface area contributed by atoms with Gasteiger partial charge in [-0.3, -0.25) is 0 Å². The number of benzene rings is 1. The summed E-state index contributed by atoms with van der Waals surface area (Å²) in [6, 6.07) is 6.87. The Bertz CT molecular complexity index is 433. The Morgan fingerprint density at radius 3 is 2.95 bits per heavy atom. The maximum atomic E-state index is 5.75. The standard InChI is InChI=1S/C17H28N2O/c1-5-20-17-11-13(2)8-9-16(17)18-14(3)15-7-6-10-19(4)12-15/h8-9,11,14-15,18H,5-7,10,12H2,1-4H3. The molecule has 1 heterocycles. The molecule has 0 amide bonds. The minimum atomic E-state index is 0.472. The fourth-order valence-electron chi connectivity index (χ4n) is 3.00. The number of rotatable bonds is 5. The monoisotopic (exact) mass is 276 g/mol. The largest absolute Gasteiger partial charge is 0.492 e. The predicted octanol–water partition coefficient (Wildman–Crippen LogP) is 3.54. The zero-order valence-electron chi connectivity index (χ0n) is 13.3. The van der Waals surface area contributed by atoms with Gasteiger partial charge < -0.3 is 15.0 Å². The Labute approximate surface area is 123 Å². The molecule has 3 nitrogen and oxygen atoms in total. The third-order valence-electron chi connectivity index (χ3n) is 4.19. The van der Waals surface area contributed by atoms with Crippen molar-refractivity contribution in [2.75, 3.05) is 32.1 Å². The maximum Gasteiger partial charge on any atom is 0.142 e. The van der Waals surface area contributed by atoms with E-state index in [0.717, 1.165) is 11.4 Å². The first kappa shape index (κ1) is 15.2. The Hall–Kier alpha value is -1.22. The van der Waals surface area contributed by atoms with Crippen LogP contribution in [0.2, 0.25) is 0 Å². The van der Waals surface area contributed by atoms with E-state index in [1.54, 1.807) is 0 Å². The van der Waals surface area contributed by atoms with Crippen molar-refractivity contribution in [2.45, 2.75) is 39.7 Å². The van der Waals surface area contributed by atoms with Gasteiger partial charge in [0.1, 0.15) is 5.75 Å². The molecule has 1 aliphatic rings. The molecular weight excluding hydrogens is 248 g/mol. The van der Waals surface area contributed by atoms with Crippen molar-refractivity contribution in [3.05, 3.63) is 23.8 Å². The van der Waals surface area contributed by atoms with Crippen LogP contribution in [0.3, 0.4) is 0 Å². The average Bonchev–Trinajstić information content (AvgIpc) is 2.42. The topological polar surface area (TPSA) is 24.5 Å².